The summed E-state index contributed by atoms with van der Waals surface area (Å²) >= 11 is 3.22. The Hall–Kier alpha value is -0.940. The van der Waals surface area contributed by atoms with Crippen LogP contribution in [0.5, 0.6) is 0 Å². The van der Waals surface area contributed by atoms with Gasteiger partial charge in [-0.3, -0.25) is 0 Å². The monoisotopic (exact) mass is 225 g/mol. The Morgan fingerprint density at radius 1 is 1.43 bits per heavy atom. The van der Waals surface area contributed by atoms with Crippen LogP contribution in [-0.2, 0) is 6.54 Å². The number of anilines is 1. The van der Waals surface area contributed by atoms with Crippen molar-refractivity contribution in [3.05, 3.63) is 27.7 Å². The van der Waals surface area contributed by atoms with Gasteiger partial charge in [0.2, 0.25) is 5.13 Å². The van der Waals surface area contributed by atoms with Crippen LogP contribution in [0.4, 0.5) is 5.13 Å². The van der Waals surface area contributed by atoms with Gasteiger partial charge in [-0.15, -0.1) is 11.3 Å². The van der Waals surface area contributed by atoms with Crippen LogP contribution < -0.4 is 5.32 Å². The Balaban J connectivity index is 2.01. The molecule has 0 fully saturated rings. The second kappa shape index (κ2) is 4.06. The molecule has 0 spiro atoms. The van der Waals surface area contributed by atoms with Crippen LogP contribution in [0.2, 0.25) is 0 Å². The fourth-order valence-electron chi connectivity index (χ4n) is 1.28. The molecule has 3 nitrogen and oxygen atoms in total. The molecule has 14 heavy (non-hydrogen) atoms. The van der Waals surface area contributed by atoms with Crippen molar-refractivity contribution in [3.8, 4) is 0 Å². The number of hydrogen-bond acceptors (Lipinski definition) is 5. The highest BCUT2D eigenvalue weighted by Crippen LogP contribution is 2.21. The number of hydrogen-bond donors (Lipinski definition) is 1. The third-order valence-electron chi connectivity index (χ3n) is 1.94. The first-order valence-corrected chi connectivity index (χ1v) is 5.91. The number of nitrogens with one attached hydrogen (secondary N) is 1. The minimum absolute atomic E-state index is 0.839. The van der Waals surface area contributed by atoms with Gasteiger partial charge in [0.25, 0.3) is 0 Å². The van der Waals surface area contributed by atoms with Crippen LogP contribution in [0.25, 0.3) is 0 Å². The topological polar surface area (TPSA) is 37.8 Å². The molecule has 0 radical (unpaired) electrons. The van der Waals surface area contributed by atoms with Crippen molar-refractivity contribution in [2.45, 2.75) is 20.4 Å². The average molecular weight is 225 g/mol. The Kier molecular flexibility index (Phi) is 2.79. The molecule has 2 heterocycles. The number of aryl methyl sites for hydroxylation is 2. The second-order valence-electron chi connectivity index (χ2n) is 3.04. The first-order valence-electron chi connectivity index (χ1n) is 4.32. The number of nitrogens with zero attached hydrogens (tertiary/aromatic N) is 2. The van der Waals surface area contributed by atoms with Gasteiger partial charge in [-0.25, -0.2) is 4.98 Å². The summed E-state index contributed by atoms with van der Waals surface area (Å²) in [6.07, 6.45) is 1.57. The number of aromatic nitrogens is 2. The minimum atomic E-state index is 0.839. The van der Waals surface area contributed by atoms with Gasteiger partial charge in [-0.1, -0.05) is 0 Å². The van der Waals surface area contributed by atoms with Crippen LogP contribution in [0.15, 0.2) is 12.4 Å². The van der Waals surface area contributed by atoms with E-state index in [0.29, 0.717) is 0 Å². The lowest BCUT2D eigenvalue weighted by Gasteiger charge is -2.00. The van der Waals surface area contributed by atoms with Gasteiger partial charge in [-0.2, -0.15) is 4.37 Å². The summed E-state index contributed by atoms with van der Waals surface area (Å²) in [5.74, 6) is 0. The van der Waals surface area contributed by atoms with E-state index in [-0.39, 0.29) is 0 Å². The first-order chi connectivity index (χ1) is 6.75. The zero-order valence-electron chi connectivity index (χ0n) is 8.07. The lowest BCUT2D eigenvalue weighted by Crippen LogP contribution is -1.98. The van der Waals surface area contributed by atoms with E-state index in [9.17, 15) is 0 Å². The van der Waals surface area contributed by atoms with Crippen LogP contribution in [0.1, 0.15) is 15.3 Å². The Labute approximate surface area is 91.0 Å². The van der Waals surface area contributed by atoms with Crippen molar-refractivity contribution >= 4 is 28.0 Å². The fourth-order valence-corrected chi connectivity index (χ4v) is 2.65. The molecule has 0 aliphatic heterocycles. The molecular formula is C9H11N3S2. The lowest BCUT2D eigenvalue weighted by atomic mass is 10.2. The molecule has 0 amide bonds. The normalized spacial score (nSPS) is 10.4. The van der Waals surface area contributed by atoms with E-state index in [0.717, 1.165) is 11.7 Å². The quantitative estimate of drug-likeness (QED) is 0.873. The molecule has 0 bridgehead atoms. The van der Waals surface area contributed by atoms with E-state index in [1.165, 1.54) is 26.9 Å². The van der Waals surface area contributed by atoms with Crippen LogP contribution >= 0.6 is 22.9 Å². The van der Waals surface area contributed by atoms with Crippen LogP contribution in [0, 0.1) is 13.8 Å². The smallest absolute Gasteiger partial charge is 0.202 e. The van der Waals surface area contributed by atoms with E-state index >= 15 is 0 Å². The van der Waals surface area contributed by atoms with Crippen molar-refractivity contribution in [1.29, 1.82) is 0 Å². The molecular weight excluding hydrogens is 214 g/mol. The average Bonchev–Trinajstić information content (AvgIpc) is 2.72. The molecule has 2 rings (SSSR count). The van der Waals surface area contributed by atoms with Crippen LogP contribution in [0.3, 0.4) is 0 Å². The van der Waals surface area contributed by atoms with E-state index in [1.807, 2.05) is 11.3 Å². The summed E-state index contributed by atoms with van der Waals surface area (Å²) in [6, 6.07) is 2.22. The molecule has 0 aliphatic carbocycles. The van der Waals surface area contributed by atoms with Gasteiger partial charge in [0, 0.05) is 27.8 Å². The highest BCUT2D eigenvalue weighted by Gasteiger charge is 2.03. The second-order valence-corrected chi connectivity index (χ2v) is 5.28. The Morgan fingerprint density at radius 2 is 2.29 bits per heavy atom. The fraction of sp³-hybridized carbons (Fsp3) is 0.333. The Bertz CT molecular complexity index is 406. The minimum Gasteiger partial charge on any atom is -0.356 e. The molecule has 0 atom stereocenters. The maximum absolute atomic E-state index is 4.07. The zero-order chi connectivity index (χ0) is 9.97. The van der Waals surface area contributed by atoms with Crippen molar-refractivity contribution in [1.82, 2.24) is 9.36 Å². The molecule has 74 valence electrons. The molecule has 0 saturated carbocycles. The zero-order valence-corrected chi connectivity index (χ0v) is 9.71. The molecule has 0 aromatic carbocycles. The van der Waals surface area contributed by atoms with Crippen LogP contribution in [-0.4, -0.2) is 9.36 Å². The van der Waals surface area contributed by atoms with Gasteiger partial charge in [0.05, 0.1) is 0 Å². The van der Waals surface area contributed by atoms with E-state index in [2.05, 4.69) is 34.6 Å². The van der Waals surface area contributed by atoms with Crippen molar-refractivity contribution in [2.24, 2.45) is 0 Å². The standard InChI is InChI=1S/C9H11N3S2/c1-6-3-8(7(2)13-6)4-10-9-11-5-12-14-9/h3,5H,4H2,1-2H3,(H,10,11,12). The predicted molar refractivity (Wildman–Crippen MR) is 61.0 cm³/mol. The van der Waals surface area contributed by atoms with Gasteiger partial charge in [0.1, 0.15) is 6.33 Å². The van der Waals surface area contributed by atoms with Gasteiger partial charge >= 0.3 is 0 Å². The summed E-state index contributed by atoms with van der Waals surface area (Å²) in [5, 5.41) is 4.13. The summed E-state index contributed by atoms with van der Waals surface area (Å²) in [4.78, 5) is 6.80. The largest absolute Gasteiger partial charge is 0.356 e. The molecule has 0 unspecified atom stereocenters. The van der Waals surface area contributed by atoms with E-state index in [1.54, 1.807) is 6.33 Å². The SMILES string of the molecule is Cc1cc(CNc2ncns2)c(C)s1. The summed E-state index contributed by atoms with van der Waals surface area (Å²) < 4.78 is 3.93. The van der Waals surface area contributed by atoms with Gasteiger partial charge < -0.3 is 5.32 Å². The molecule has 2 aromatic heterocycles. The van der Waals surface area contributed by atoms with E-state index in [4.69, 9.17) is 0 Å². The maximum atomic E-state index is 4.07. The molecule has 5 heteroatoms. The number of thiophene rings is 1. The maximum Gasteiger partial charge on any atom is 0.202 e. The molecule has 2 aromatic rings. The first kappa shape index (κ1) is 9.61. The molecule has 0 saturated heterocycles. The highest BCUT2D eigenvalue weighted by atomic mass is 32.1. The van der Waals surface area contributed by atoms with Crippen molar-refractivity contribution in [2.75, 3.05) is 5.32 Å². The molecule has 0 aliphatic rings. The van der Waals surface area contributed by atoms with Gasteiger partial charge in [0.15, 0.2) is 0 Å². The summed E-state index contributed by atoms with van der Waals surface area (Å²) in [7, 11) is 0. The Morgan fingerprint density at radius 3 is 2.86 bits per heavy atom. The van der Waals surface area contributed by atoms with Gasteiger partial charge in [-0.05, 0) is 25.5 Å². The highest BCUT2D eigenvalue weighted by molar-refractivity contribution is 7.12. The summed E-state index contributed by atoms with van der Waals surface area (Å²) in [6.45, 7) is 5.12. The van der Waals surface area contributed by atoms with E-state index < -0.39 is 0 Å². The van der Waals surface area contributed by atoms with Crippen molar-refractivity contribution < 1.29 is 0 Å². The third-order valence-corrected chi connectivity index (χ3v) is 3.57. The predicted octanol–water partition coefficient (Wildman–Crippen LogP) is 2.83. The third kappa shape index (κ3) is 2.10. The number of rotatable bonds is 3. The van der Waals surface area contributed by atoms with Crippen molar-refractivity contribution in [3.63, 3.8) is 0 Å². The summed E-state index contributed by atoms with van der Waals surface area (Å²) in [5.41, 5.74) is 1.35. The lowest BCUT2D eigenvalue weighted by molar-refractivity contribution is 1.12. The molecule has 1 N–H and O–H groups in total.